The minimum atomic E-state index is 0.138. The van der Waals surface area contributed by atoms with E-state index in [4.69, 9.17) is 11.6 Å². The van der Waals surface area contributed by atoms with Crippen LogP contribution in [0.4, 0.5) is 0 Å². The topological polar surface area (TPSA) is 33.5 Å². The van der Waals surface area contributed by atoms with Crippen molar-refractivity contribution in [2.24, 2.45) is 5.92 Å². The highest BCUT2D eigenvalue weighted by Crippen LogP contribution is 2.09. The molecule has 0 spiro atoms. The van der Waals surface area contributed by atoms with E-state index >= 15 is 0 Å². The Morgan fingerprint density at radius 3 is 2.58 bits per heavy atom. The number of amides is 1. The van der Waals surface area contributed by atoms with Crippen LogP contribution in [0.5, 0.6) is 0 Å². The molecule has 1 amide bonds. The molecular formula is C15H22ClN2O+. The molecule has 2 N–H and O–H groups in total. The van der Waals surface area contributed by atoms with E-state index in [1.165, 1.54) is 17.7 Å². The maximum atomic E-state index is 11.9. The number of carbonyl (C=O) groups is 1. The molecule has 1 aliphatic rings. The standard InChI is InChI=1S/C15H21ClN2O/c1-12-6-8-18(9-7-12)11-15(19)17-10-13-2-4-14(16)5-3-13/h2-5,12H,6-11H2,1H3,(H,17,19)/p+1. The molecule has 1 aliphatic heterocycles. The largest absolute Gasteiger partial charge is 0.347 e. The number of halogens is 1. The Bertz CT molecular complexity index is 411. The van der Waals surface area contributed by atoms with E-state index in [2.05, 4.69) is 12.2 Å². The Morgan fingerprint density at radius 1 is 1.32 bits per heavy atom. The monoisotopic (exact) mass is 281 g/mol. The van der Waals surface area contributed by atoms with Gasteiger partial charge in [0, 0.05) is 11.6 Å². The minimum absolute atomic E-state index is 0.138. The summed E-state index contributed by atoms with van der Waals surface area (Å²) in [4.78, 5) is 13.3. The highest BCUT2D eigenvalue weighted by molar-refractivity contribution is 6.30. The van der Waals surface area contributed by atoms with Gasteiger partial charge in [-0.1, -0.05) is 30.7 Å². The lowest BCUT2D eigenvalue weighted by molar-refractivity contribution is -0.898. The average Bonchev–Trinajstić information content (AvgIpc) is 2.41. The number of quaternary nitrogens is 1. The Labute approximate surface area is 119 Å². The van der Waals surface area contributed by atoms with Crippen molar-refractivity contribution in [3.05, 3.63) is 34.9 Å². The first-order chi connectivity index (χ1) is 9.13. The van der Waals surface area contributed by atoms with Gasteiger partial charge in [-0.05, 0) is 36.5 Å². The quantitative estimate of drug-likeness (QED) is 0.856. The van der Waals surface area contributed by atoms with Crippen LogP contribution in [0.1, 0.15) is 25.3 Å². The maximum Gasteiger partial charge on any atom is 0.275 e. The molecule has 0 atom stereocenters. The molecule has 4 heteroatoms. The smallest absolute Gasteiger partial charge is 0.275 e. The number of hydrogen-bond acceptors (Lipinski definition) is 1. The summed E-state index contributed by atoms with van der Waals surface area (Å²) in [5, 5.41) is 3.70. The van der Waals surface area contributed by atoms with Crippen molar-refractivity contribution in [2.45, 2.75) is 26.3 Å². The second-order valence-electron chi connectivity index (χ2n) is 5.51. The van der Waals surface area contributed by atoms with Gasteiger partial charge in [-0.2, -0.15) is 0 Å². The molecule has 0 unspecified atom stereocenters. The van der Waals surface area contributed by atoms with E-state index in [-0.39, 0.29) is 5.91 Å². The van der Waals surface area contributed by atoms with Crippen molar-refractivity contribution in [3.8, 4) is 0 Å². The first kappa shape index (κ1) is 14.4. The van der Waals surface area contributed by atoms with E-state index in [1.807, 2.05) is 24.3 Å². The highest BCUT2D eigenvalue weighted by Gasteiger charge is 2.20. The zero-order valence-electron chi connectivity index (χ0n) is 11.4. The summed E-state index contributed by atoms with van der Waals surface area (Å²) >= 11 is 5.82. The molecule has 0 radical (unpaired) electrons. The molecule has 1 aromatic rings. The van der Waals surface area contributed by atoms with Gasteiger partial charge >= 0.3 is 0 Å². The van der Waals surface area contributed by atoms with Crippen molar-refractivity contribution in [2.75, 3.05) is 19.6 Å². The van der Waals surface area contributed by atoms with Crippen molar-refractivity contribution in [1.82, 2.24) is 5.32 Å². The molecule has 1 fully saturated rings. The number of likely N-dealkylation sites (tertiary alicyclic amines) is 1. The van der Waals surface area contributed by atoms with E-state index in [9.17, 15) is 4.79 Å². The number of hydrogen-bond donors (Lipinski definition) is 2. The molecular weight excluding hydrogens is 260 g/mol. The second kappa shape index (κ2) is 6.92. The molecule has 0 aliphatic carbocycles. The summed E-state index contributed by atoms with van der Waals surface area (Å²) in [7, 11) is 0. The van der Waals surface area contributed by atoms with Gasteiger partial charge in [-0.25, -0.2) is 0 Å². The molecule has 0 saturated carbocycles. The van der Waals surface area contributed by atoms with Crippen LogP contribution in [-0.2, 0) is 11.3 Å². The summed E-state index contributed by atoms with van der Waals surface area (Å²) in [6, 6.07) is 7.58. The third kappa shape index (κ3) is 4.84. The molecule has 19 heavy (non-hydrogen) atoms. The van der Waals surface area contributed by atoms with Crippen LogP contribution in [-0.4, -0.2) is 25.5 Å². The Balaban J connectivity index is 1.71. The van der Waals surface area contributed by atoms with Crippen LogP contribution in [0.15, 0.2) is 24.3 Å². The van der Waals surface area contributed by atoms with Crippen molar-refractivity contribution in [1.29, 1.82) is 0 Å². The summed E-state index contributed by atoms with van der Waals surface area (Å²) in [6.07, 6.45) is 2.47. The first-order valence-electron chi connectivity index (χ1n) is 6.98. The lowest BCUT2D eigenvalue weighted by Gasteiger charge is -2.26. The van der Waals surface area contributed by atoms with E-state index in [1.54, 1.807) is 0 Å². The fourth-order valence-corrected chi connectivity index (χ4v) is 2.57. The normalized spacial score (nSPS) is 23.1. The van der Waals surface area contributed by atoms with Crippen molar-refractivity contribution >= 4 is 17.5 Å². The minimum Gasteiger partial charge on any atom is -0.347 e. The van der Waals surface area contributed by atoms with Gasteiger partial charge in [0.15, 0.2) is 6.54 Å². The molecule has 1 heterocycles. The van der Waals surface area contributed by atoms with Crippen LogP contribution < -0.4 is 10.2 Å². The van der Waals surface area contributed by atoms with Gasteiger partial charge in [-0.3, -0.25) is 4.79 Å². The summed E-state index contributed by atoms with van der Waals surface area (Å²) in [6.45, 7) is 5.71. The predicted molar refractivity (Wildman–Crippen MR) is 77.3 cm³/mol. The maximum absolute atomic E-state index is 11.9. The zero-order chi connectivity index (χ0) is 13.7. The Kier molecular flexibility index (Phi) is 5.23. The molecule has 0 aromatic heterocycles. The average molecular weight is 282 g/mol. The Hall–Kier alpha value is -1.06. The summed E-state index contributed by atoms with van der Waals surface area (Å²) in [5.41, 5.74) is 1.08. The van der Waals surface area contributed by atoms with Crippen LogP contribution in [0.2, 0.25) is 5.02 Å². The number of benzene rings is 1. The second-order valence-corrected chi connectivity index (χ2v) is 5.95. The fourth-order valence-electron chi connectivity index (χ4n) is 2.44. The van der Waals surface area contributed by atoms with Crippen LogP contribution in [0.25, 0.3) is 0 Å². The van der Waals surface area contributed by atoms with Gasteiger partial charge in [0.25, 0.3) is 5.91 Å². The van der Waals surface area contributed by atoms with Gasteiger partial charge in [-0.15, -0.1) is 0 Å². The fraction of sp³-hybridized carbons (Fsp3) is 0.533. The highest BCUT2D eigenvalue weighted by atomic mass is 35.5. The van der Waals surface area contributed by atoms with Crippen molar-refractivity contribution < 1.29 is 9.69 Å². The molecule has 1 aromatic carbocycles. The lowest BCUT2D eigenvalue weighted by Crippen LogP contribution is -3.14. The van der Waals surface area contributed by atoms with Crippen LogP contribution in [0, 0.1) is 5.92 Å². The predicted octanol–water partition coefficient (Wildman–Crippen LogP) is 1.27. The summed E-state index contributed by atoms with van der Waals surface area (Å²) < 4.78 is 0. The van der Waals surface area contributed by atoms with Crippen LogP contribution in [0.3, 0.4) is 0 Å². The third-order valence-electron chi connectivity index (χ3n) is 3.79. The molecule has 1 saturated heterocycles. The number of carbonyl (C=O) groups excluding carboxylic acids is 1. The van der Waals surface area contributed by atoms with E-state index < -0.39 is 0 Å². The molecule has 104 valence electrons. The summed E-state index contributed by atoms with van der Waals surface area (Å²) in [5.74, 6) is 0.959. The van der Waals surface area contributed by atoms with Gasteiger partial charge in [0.1, 0.15) is 0 Å². The molecule has 0 bridgehead atoms. The Morgan fingerprint density at radius 2 is 1.95 bits per heavy atom. The SMILES string of the molecule is CC1CC[NH+](CC(=O)NCc2ccc(Cl)cc2)CC1. The first-order valence-corrected chi connectivity index (χ1v) is 7.36. The van der Waals surface area contributed by atoms with Gasteiger partial charge < -0.3 is 10.2 Å². The number of rotatable bonds is 4. The molecule has 3 nitrogen and oxygen atoms in total. The third-order valence-corrected chi connectivity index (χ3v) is 4.05. The van der Waals surface area contributed by atoms with E-state index in [0.717, 1.165) is 29.6 Å². The molecule has 2 rings (SSSR count). The van der Waals surface area contributed by atoms with Crippen LogP contribution >= 0.6 is 11.6 Å². The lowest BCUT2D eigenvalue weighted by atomic mass is 9.99. The number of nitrogens with one attached hydrogen (secondary N) is 2. The van der Waals surface area contributed by atoms with Gasteiger partial charge in [0.2, 0.25) is 0 Å². The zero-order valence-corrected chi connectivity index (χ0v) is 12.2. The van der Waals surface area contributed by atoms with E-state index in [0.29, 0.717) is 13.1 Å². The van der Waals surface area contributed by atoms with Crippen molar-refractivity contribution in [3.63, 3.8) is 0 Å². The van der Waals surface area contributed by atoms with Gasteiger partial charge in [0.05, 0.1) is 13.1 Å². The number of piperidine rings is 1.